The summed E-state index contributed by atoms with van der Waals surface area (Å²) in [4.78, 5) is 4.47. The van der Waals surface area contributed by atoms with Crippen LogP contribution < -0.4 is 4.74 Å². The number of aromatic nitrogens is 5. The lowest BCUT2D eigenvalue weighted by molar-refractivity contribution is 0.391. The molecule has 144 valence electrons. The van der Waals surface area contributed by atoms with Gasteiger partial charge in [0.15, 0.2) is 11.0 Å². The number of benzene rings is 1. The molecule has 1 aromatic carbocycles. The van der Waals surface area contributed by atoms with Crippen molar-refractivity contribution in [2.75, 3.05) is 7.11 Å². The summed E-state index contributed by atoms with van der Waals surface area (Å²) < 4.78 is 18.1. The fraction of sp³-hybridized carbons (Fsp3) is 0.263. The molecular weight excluding hydrogens is 378 g/mol. The predicted octanol–water partition coefficient (Wildman–Crippen LogP) is 4.22. The maximum atomic E-state index is 5.39. The highest BCUT2D eigenvalue weighted by molar-refractivity contribution is 7.98. The number of furan rings is 1. The molecule has 0 aliphatic rings. The van der Waals surface area contributed by atoms with Crippen LogP contribution in [-0.4, -0.2) is 32.0 Å². The number of methoxy groups -OCH3 is 1. The fourth-order valence-corrected chi connectivity index (χ4v) is 3.66. The van der Waals surface area contributed by atoms with E-state index in [1.807, 2.05) is 41.8 Å². The number of hydrogen-bond acceptors (Lipinski definition) is 8. The predicted molar refractivity (Wildman–Crippen MR) is 104 cm³/mol. The van der Waals surface area contributed by atoms with E-state index in [9.17, 15) is 0 Å². The second kappa shape index (κ2) is 7.89. The molecule has 28 heavy (non-hydrogen) atoms. The Kier molecular flexibility index (Phi) is 5.16. The molecule has 4 aromatic rings. The molecule has 0 aliphatic carbocycles. The molecule has 0 unspecified atom stereocenters. The average Bonchev–Trinajstić information content (AvgIpc) is 3.45. The van der Waals surface area contributed by atoms with Crippen molar-refractivity contribution in [3.63, 3.8) is 0 Å². The Hall–Kier alpha value is -3.07. The van der Waals surface area contributed by atoms with Crippen molar-refractivity contribution < 1.29 is 13.7 Å². The number of thioether (sulfide) groups is 1. The smallest absolute Gasteiger partial charge is 0.237 e. The van der Waals surface area contributed by atoms with Gasteiger partial charge in [-0.25, -0.2) is 0 Å². The van der Waals surface area contributed by atoms with E-state index in [2.05, 4.69) is 27.3 Å². The topological polar surface area (TPSA) is 92.0 Å². The summed E-state index contributed by atoms with van der Waals surface area (Å²) in [6.45, 7) is 4.71. The number of rotatable bonds is 7. The highest BCUT2D eigenvalue weighted by Gasteiger charge is 2.17. The van der Waals surface area contributed by atoms with Crippen LogP contribution in [0.3, 0.4) is 0 Å². The second-order valence-electron chi connectivity index (χ2n) is 5.97. The van der Waals surface area contributed by atoms with E-state index in [0.717, 1.165) is 40.2 Å². The van der Waals surface area contributed by atoms with Gasteiger partial charge >= 0.3 is 0 Å². The van der Waals surface area contributed by atoms with Crippen molar-refractivity contribution in [3.8, 4) is 28.5 Å². The lowest BCUT2D eigenvalue weighted by Gasteiger charge is -2.05. The van der Waals surface area contributed by atoms with Gasteiger partial charge in [0.25, 0.3) is 0 Å². The maximum Gasteiger partial charge on any atom is 0.237 e. The molecule has 0 spiro atoms. The van der Waals surface area contributed by atoms with Crippen molar-refractivity contribution in [1.29, 1.82) is 0 Å². The highest BCUT2D eigenvalue weighted by atomic mass is 32.2. The summed E-state index contributed by atoms with van der Waals surface area (Å²) in [7, 11) is 1.63. The highest BCUT2D eigenvalue weighted by Crippen LogP contribution is 2.29. The minimum atomic E-state index is 0.499. The normalized spacial score (nSPS) is 11.1. The second-order valence-corrected chi connectivity index (χ2v) is 6.92. The Bertz CT molecular complexity index is 1080. The lowest BCUT2D eigenvalue weighted by atomic mass is 10.2. The van der Waals surface area contributed by atoms with Crippen LogP contribution in [0.15, 0.2) is 50.7 Å². The van der Waals surface area contributed by atoms with Gasteiger partial charge in [0, 0.05) is 12.1 Å². The van der Waals surface area contributed by atoms with Gasteiger partial charge in [-0.05, 0) is 32.0 Å². The number of ether oxygens (including phenoxy) is 1. The van der Waals surface area contributed by atoms with Crippen LogP contribution in [0.5, 0.6) is 5.75 Å². The minimum Gasteiger partial charge on any atom is -0.497 e. The molecule has 0 aliphatic heterocycles. The van der Waals surface area contributed by atoms with Crippen LogP contribution in [0.2, 0.25) is 0 Å². The molecule has 9 heteroatoms. The third-order valence-corrected chi connectivity index (χ3v) is 5.21. The molecule has 0 saturated carbocycles. The first-order chi connectivity index (χ1) is 13.7. The minimum absolute atomic E-state index is 0.499. The van der Waals surface area contributed by atoms with Gasteiger partial charge in [-0.2, -0.15) is 4.98 Å². The summed E-state index contributed by atoms with van der Waals surface area (Å²) in [5.74, 6) is 3.91. The summed E-state index contributed by atoms with van der Waals surface area (Å²) in [6.07, 6.45) is 1.66. The molecule has 8 nitrogen and oxygen atoms in total. The molecule has 0 radical (unpaired) electrons. The number of aryl methyl sites for hydroxylation is 1. The van der Waals surface area contributed by atoms with Gasteiger partial charge in [0.2, 0.25) is 11.7 Å². The van der Waals surface area contributed by atoms with E-state index >= 15 is 0 Å². The monoisotopic (exact) mass is 397 g/mol. The zero-order valence-electron chi connectivity index (χ0n) is 15.7. The van der Waals surface area contributed by atoms with Gasteiger partial charge < -0.3 is 18.2 Å². The van der Waals surface area contributed by atoms with E-state index in [1.54, 1.807) is 13.4 Å². The Morgan fingerprint density at radius 2 is 2.11 bits per heavy atom. The van der Waals surface area contributed by atoms with E-state index in [0.29, 0.717) is 17.5 Å². The third-order valence-electron chi connectivity index (χ3n) is 4.25. The van der Waals surface area contributed by atoms with E-state index in [1.165, 1.54) is 11.8 Å². The first-order valence-electron chi connectivity index (χ1n) is 8.77. The third kappa shape index (κ3) is 3.53. The molecule has 0 N–H and O–H groups in total. The first kappa shape index (κ1) is 18.3. The molecule has 0 amide bonds. The molecule has 0 fully saturated rings. The van der Waals surface area contributed by atoms with E-state index in [-0.39, 0.29) is 0 Å². The molecule has 4 rings (SSSR count). The molecular formula is C19H19N5O3S. The lowest BCUT2D eigenvalue weighted by Crippen LogP contribution is -2.00. The van der Waals surface area contributed by atoms with Crippen molar-refractivity contribution in [2.24, 2.45) is 0 Å². The van der Waals surface area contributed by atoms with Gasteiger partial charge in [0.1, 0.15) is 11.5 Å². The largest absolute Gasteiger partial charge is 0.497 e. The summed E-state index contributed by atoms with van der Waals surface area (Å²) >= 11 is 1.50. The Morgan fingerprint density at radius 1 is 1.21 bits per heavy atom. The van der Waals surface area contributed by atoms with Gasteiger partial charge in [-0.3, -0.25) is 0 Å². The Morgan fingerprint density at radius 3 is 2.86 bits per heavy atom. The standard InChI is InChI=1S/C19H19N5O3S/c1-4-24-18(15-8-9-26-12(15)2)21-22-19(24)28-11-16-20-17(23-27-16)13-6-5-7-14(10-13)25-3/h5-10H,4,11H2,1-3H3. The van der Waals surface area contributed by atoms with Gasteiger partial charge in [-0.1, -0.05) is 29.1 Å². The Balaban J connectivity index is 1.50. The molecule has 0 bridgehead atoms. The fourth-order valence-electron chi connectivity index (χ4n) is 2.82. The summed E-state index contributed by atoms with van der Waals surface area (Å²) in [5.41, 5.74) is 1.79. The quantitative estimate of drug-likeness (QED) is 0.428. The van der Waals surface area contributed by atoms with Crippen molar-refractivity contribution in [1.82, 2.24) is 24.9 Å². The van der Waals surface area contributed by atoms with E-state index in [4.69, 9.17) is 13.7 Å². The SMILES string of the molecule is CCn1c(SCc2nc(-c3cccc(OC)c3)no2)nnc1-c1ccoc1C. The molecule has 0 atom stereocenters. The summed E-state index contributed by atoms with van der Waals surface area (Å²) in [5, 5.41) is 13.5. The zero-order chi connectivity index (χ0) is 19.5. The molecule has 3 aromatic heterocycles. The van der Waals surface area contributed by atoms with E-state index < -0.39 is 0 Å². The van der Waals surface area contributed by atoms with Crippen molar-refractivity contribution in [3.05, 3.63) is 48.2 Å². The molecule has 0 saturated heterocycles. The average molecular weight is 397 g/mol. The zero-order valence-corrected chi connectivity index (χ0v) is 16.6. The van der Waals surface area contributed by atoms with Gasteiger partial charge in [0.05, 0.1) is 24.7 Å². The number of nitrogens with zero attached hydrogens (tertiary/aromatic N) is 5. The van der Waals surface area contributed by atoms with Crippen molar-refractivity contribution >= 4 is 11.8 Å². The van der Waals surface area contributed by atoms with Gasteiger partial charge in [-0.15, -0.1) is 10.2 Å². The molecule has 3 heterocycles. The van der Waals surface area contributed by atoms with Crippen LogP contribution >= 0.6 is 11.8 Å². The first-order valence-corrected chi connectivity index (χ1v) is 9.75. The van der Waals surface area contributed by atoms with Crippen LogP contribution in [0, 0.1) is 6.92 Å². The Labute approximate surface area is 165 Å². The maximum absolute atomic E-state index is 5.39. The van der Waals surface area contributed by atoms with Crippen LogP contribution in [-0.2, 0) is 12.3 Å². The van der Waals surface area contributed by atoms with Crippen LogP contribution in [0.4, 0.5) is 0 Å². The van der Waals surface area contributed by atoms with Crippen LogP contribution in [0.25, 0.3) is 22.8 Å². The number of hydrogen-bond donors (Lipinski definition) is 0. The van der Waals surface area contributed by atoms with Crippen LogP contribution in [0.1, 0.15) is 18.6 Å². The summed E-state index contributed by atoms with van der Waals surface area (Å²) in [6, 6.07) is 9.45. The van der Waals surface area contributed by atoms with Crippen molar-refractivity contribution in [2.45, 2.75) is 31.3 Å².